The summed E-state index contributed by atoms with van der Waals surface area (Å²) in [5, 5.41) is 9.06. The standard InChI is InChI=1S/C9H19NO3.C9H7NO2/c1-5-6(2)8(10)9(12-3)13-7(5)4-11;1-10-8(11)6-4-2-3-5-7(6)9(10)12/h5-9,11H,4,10H2,1-3H3;2-5H,1H3/t5-,6?,7?,8?,9-;/m0./s1. The lowest BCUT2D eigenvalue weighted by molar-refractivity contribution is -0.226. The number of hydrogen-bond donors (Lipinski definition) is 2. The van der Waals surface area contributed by atoms with E-state index in [4.69, 9.17) is 20.3 Å². The quantitative estimate of drug-likeness (QED) is 0.767. The number of amides is 2. The van der Waals surface area contributed by atoms with Gasteiger partial charge >= 0.3 is 0 Å². The topological polar surface area (TPSA) is 102 Å². The molecule has 1 saturated heterocycles. The first-order valence-electron chi connectivity index (χ1n) is 8.29. The van der Waals surface area contributed by atoms with Gasteiger partial charge in [-0.3, -0.25) is 14.5 Å². The number of aliphatic hydroxyl groups is 1. The van der Waals surface area contributed by atoms with Crippen LogP contribution >= 0.6 is 0 Å². The first-order valence-corrected chi connectivity index (χ1v) is 8.29. The molecule has 3 unspecified atom stereocenters. The zero-order valence-corrected chi connectivity index (χ0v) is 15.0. The van der Waals surface area contributed by atoms with Gasteiger partial charge in [-0.05, 0) is 24.0 Å². The van der Waals surface area contributed by atoms with E-state index < -0.39 is 0 Å². The molecular formula is C18H26N2O5. The van der Waals surface area contributed by atoms with Gasteiger partial charge in [-0.15, -0.1) is 0 Å². The van der Waals surface area contributed by atoms with E-state index in [0.717, 1.165) is 4.90 Å². The van der Waals surface area contributed by atoms with Crippen LogP contribution in [0.5, 0.6) is 0 Å². The van der Waals surface area contributed by atoms with Crippen molar-refractivity contribution in [2.45, 2.75) is 32.3 Å². The fraction of sp³-hybridized carbons (Fsp3) is 0.556. The molecule has 0 aliphatic carbocycles. The first kappa shape index (κ1) is 19.5. The Morgan fingerprint density at radius 3 is 2.12 bits per heavy atom. The van der Waals surface area contributed by atoms with E-state index in [9.17, 15) is 9.59 Å². The molecule has 1 fully saturated rings. The van der Waals surface area contributed by atoms with Gasteiger partial charge in [0.2, 0.25) is 0 Å². The summed E-state index contributed by atoms with van der Waals surface area (Å²) in [5.74, 6) is 0.147. The third kappa shape index (κ3) is 3.74. The van der Waals surface area contributed by atoms with Crippen molar-refractivity contribution >= 4 is 11.8 Å². The molecule has 0 aromatic heterocycles. The van der Waals surface area contributed by atoms with Crippen LogP contribution in [0.25, 0.3) is 0 Å². The smallest absolute Gasteiger partial charge is 0.261 e. The number of ether oxygens (including phenoxy) is 2. The maximum absolute atomic E-state index is 11.3. The average molecular weight is 350 g/mol. The van der Waals surface area contributed by atoms with Gasteiger partial charge in [0.25, 0.3) is 11.8 Å². The Labute approximate surface area is 147 Å². The molecule has 3 rings (SSSR count). The lowest BCUT2D eigenvalue weighted by atomic mass is 9.83. The minimum absolute atomic E-state index is 0.0259. The number of nitrogens with zero attached hydrogens (tertiary/aromatic N) is 1. The molecule has 2 aliphatic heterocycles. The number of imide groups is 1. The normalized spacial score (nSPS) is 31.4. The second-order valence-electron chi connectivity index (χ2n) is 6.47. The average Bonchev–Trinajstić information content (AvgIpc) is 2.85. The van der Waals surface area contributed by atoms with Crippen LogP contribution in [-0.4, -0.2) is 61.0 Å². The number of nitrogens with two attached hydrogens (primary N) is 1. The summed E-state index contributed by atoms with van der Waals surface area (Å²) < 4.78 is 10.6. The highest BCUT2D eigenvalue weighted by atomic mass is 16.7. The van der Waals surface area contributed by atoms with Crippen LogP contribution in [0.3, 0.4) is 0 Å². The maximum Gasteiger partial charge on any atom is 0.261 e. The largest absolute Gasteiger partial charge is 0.394 e. The Kier molecular flexibility index (Phi) is 6.29. The van der Waals surface area contributed by atoms with Crippen molar-refractivity contribution in [3.8, 4) is 0 Å². The summed E-state index contributed by atoms with van der Waals surface area (Å²) in [6.07, 6.45) is -0.539. The number of carbonyl (C=O) groups excluding carboxylic acids is 2. The number of rotatable bonds is 2. The molecule has 25 heavy (non-hydrogen) atoms. The van der Waals surface area contributed by atoms with E-state index in [0.29, 0.717) is 17.0 Å². The molecule has 138 valence electrons. The summed E-state index contributed by atoms with van der Waals surface area (Å²) in [4.78, 5) is 23.8. The van der Waals surface area contributed by atoms with Crippen LogP contribution in [0.4, 0.5) is 0 Å². The molecule has 0 bridgehead atoms. The number of hydrogen-bond acceptors (Lipinski definition) is 6. The Morgan fingerprint density at radius 2 is 1.68 bits per heavy atom. The minimum Gasteiger partial charge on any atom is -0.394 e. The van der Waals surface area contributed by atoms with Gasteiger partial charge in [0.1, 0.15) is 0 Å². The molecular weight excluding hydrogens is 324 g/mol. The summed E-state index contributed by atoms with van der Waals surface area (Å²) in [6.45, 7) is 4.13. The summed E-state index contributed by atoms with van der Waals surface area (Å²) in [6, 6.07) is 6.73. The van der Waals surface area contributed by atoms with E-state index in [-0.39, 0.29) is 42.8 Å². The highest BCUT2D eigenvalue weighted by Gasteiger charge is 2.39. The number of carbonyl (C=O) groups is 2. The number of fused-ring (bicyclic) bond motifs is 1. The van der Waals surface area contributed by atoms with Crippen molar-refractivity contribution in [2.24, 2.45) is 17.6 Å². The SMILES string of the molecule is CN1C(=O)c2ccccc2C1=O.CO[C@H]1OC(CO)[C@@H](C)C(C)C1N. The monoisotopic (exact) mass is 350 g/mol. The Hall–Kier alpha value is -1.80. The van der Waals surface area contributed by atoms with Crippen molar-refractivity contribution in [2.75, 3.05) is 20.8 Å². The summed E-state index contributed by atoms with van der Waals surface area (Å²) >= 11 is 0. The fourth-order valence-corrected chi connectivity index (χ4v) is 3.06. The van der Waals surface area contributed by atoms with Crippen LogP contribution in [0, 0.1) is 11.8 Å². The number of aliphatic hydroxyl groups excluding tert-OH is 1. The summed E-state index contributed by atoms with van der Waals surface area (Å²) in [7, 11) is 3.06. The van der Waals surface area contributed by atoms with Gasteiger partial charge in [0.15, 0.2) is 6.29 Å². The van der Waals surface area contributed by atoms with Crippen LogP contribution in [0.2, 0.25) is 0 Å². The van der Waals surface area contributed by atoms with E-state index in [1.54, 1.807) is 31.4 Å². The number of benzene rings is 1. The predicted octanol–water partition coefficient (Wildman–Crippen LogP) is 0.862. The highest BCUT2D eigenvalue weighted by molar-refractivity contribution is 6.21. The van der Waals surface area contributed by atoms with Gasteiger partial charge < -0.3 is 20.3 Å². The van der Waals surface area contributed by atoms with Crippen molar-refractivity contribution in [3.63, 3.8) is 0 Å². The Balaban J connectivity index is 0.000000181. The molecule has 3 N–H and O–H groups in total. The molecule has 2 amide bonds. The molecule has 5 atom stereocenters. The van der Waals surface area contributed by atoms with Crippen LogP contribution in [0.1, 0.15) is 34.6 Å². The van der Waals surface area contributed by atoms with Gasteiger partial charge in [-0.2, -0.15) is 0 Å². The second kappa shape index (κ2) is 8.05. The van der Waals surface area contributed by atoms with Crippen LogP contribution < -0.4 is 5.73 Å². The van der Waals surface area contributed by atoms with E-state index >= 15 is 0 Å². The van der Waals surface area contributed by atoms with Crippen molar-refractivity contribution in [1.29, 1.82) is 0 Å². The zero-order valence-electron chi connectivity index (χ0n) is 15.0. The van der Waals surface area contributed by atoms with Gasteiger partial charge in [0.05, 0.1) is 29.9 Å². The second-order valence-corrected chi connectivity index (χ2v) is 6.47. The fourth-order valence-electron chi connectivity index (χ4n) is 3.06. The van der Waals surface area contributed by atoms with Crippen molar-refractivity contribution < 1.29 is 24.2 Å². The molecule has 7 heteroatoms. The molecule has 0 spiro atoms. The molecule has 0 saturated carbocycles. The highest BCUT2D eigenvalue weighted by Crippen LogP contribution is 2.29. The third-order valence-corrected chi connectivity index (χ3v) is 5.06. The number of methoxy groups -OCH3 is 1. The molecule has 1 aromatic rings. The van der Waals surface area contributed by atoms with Crippen LogP contribution in [0.15, 0.2) is 24.3 Å². The van der Waals surface area contributed by atoms with Crippen molar-refractivity contribution in [3.05, 3.63) is 35.4 Å². The minimum atomic E-state index is -0.386. The maximum atomic E-state index is 11.3. The zero-order chi connectivity index (χ0) is 18.7. The first-order chi connectivity index (χ1) is 11.8. The lowest BCUT2D eigenvalue weighted by Crippen LogP contribution is -2.55. The van der Waals surface area contributed by atoms with Gasteiger partial charge in [-0.1, -0.05) is 26.0 Å². The van der Waals surface area contributed by atoms with E-state index in [1.807, 2.05) is 6.92 Å². The molecule has 7 nitrogen and oxygen atoms in total. The third-order valence-electron chi connectivity index (χ3n) is 5.06. The summed E-state index contributed by atoms with van der Waals surface area (Å²) in [5.41, 5.74) is 6.92. The Bertz CT molecular complexity index is 581. The van der Waals surface area contributed by atoms with Gasteiger partial charge in [-0.25, -0.2) is 0 Å². The molecule has 2 aliphatic rings. The predicted molar refractivity (Wildman–Crippen MR) is 91.9 cm³/mol. The molecule has 2 heterocycles. The lowest BCUT2D eigenvalue weighted by Gasteiger charge is -2.41. The van der Waals surface area contributed by atoms with E-state index in [1.165, 1.54) is 7.05 Å². The van der Waals surface area contributed by atoms with Crippen molar-refractivity contribution in [1.82, 2.24) is 4.90 Å². The molecule has 1 aromatic carbocycles. The van der Waals surface area contributed by atoms with Gasteiger partial charge in [0, 0.05) is 14.2 Å². The van der Waals surface area contributed by atoms with Crippen LogP contribution in [-0.2, 0) is 9.47 Å². The Morgan fingerprint density at radius 1 is 1.16 bits per heavy atom. The molecule has 0 radical (unpaired) electrons. The van der Waals surface area contributed by atoms with E-state index in [2.05, 4.69) is 6.92 Å².